The van der Waals surface area contributed by atoms with Crippen molar-refractivity contribution in [1.82, 2.24) is 10.6 Å². The van der Waals surface area contributed by atoms with Crippen molar-refractivity contribution in [3.8, 4) is 0 Å². The summed E-state index contributed by atoms with van der Waals surface area (Å²) < 4.78 is 5.47. The standard InChI is InChI=1S/C24H33N3O5/c1-4-20-21(19(29)14-32-20)27-23(31)18(13-24(3)11-5-6-12-24)26-22(30)16-7-9-17(10-8-16)25-15(2)28/h7-10,18,20-21H,4-6,11-14H2,1-3H3,(H,25,28)(H,26,30)(H,27,31)/t18-,20-,21+/m0/s1. The summed E-state index contributed by atoms with van der Waals surface area (Å²) in [6, 6.07) is 5.06. The fraction of sp³-hybridized carbons (Fsp3) is 0.583. The molecule has 1 aliphatic carbocycles. The molecule has 0 aromatic heterocycles. The van der Waals surface area contributed by atoms with Crippen LogP contribution in [0.4, 0.5) is 5.69 Å². The SMILES string of the molecule is CC[C@@H]1OCC(=O)[C@H]1NC(=O)[C@H](CC1(C)CCCC1)NC(=O)c1ccc(NC(C)=O)cc1. The van der Waals surface area contributed by atoms with E-state index in [1.165, 1.54) is 6.92 Å². The molecule has 8 nitrogen and oxygen atoms in total. The topological polar surface area (TPSA) is 114 Å². The van der Waals surface area contributed by atoms with Crippen molar-refractivity contribution < 1.29 is 23.9 Å². The third kappa shape index (κ3) is 5.94. The van der Waals surface area contributed by atoms with Gasteiger partial charge in [0.15, 0.2) is 5.78 Å². The van der Waals surface area contributed by atoms with Gasteiger partial charge >= 0.3 is 0 Å². The Kier molecular flexibility index (Phi) is 7.66. The molecule has 1 aromatic rings. The van der Waals surface area contributed by atoms with Gasteiger partial charge in [-0.25, -0.2) is 0 Å². The molecule has 0 radical (unpaired) electrons. The van der Waals surface area contributed by atoms with Gasteiger partial charge in [-0.05, 0) is 55.4 Å². The van der Waals surface area contributed by atoms with Gasteiger partial charge in [-0.3, -0.25) is 19.2 Å². The van der Waals surface area contributed by atoms with Crippen molar-refractivity contribution in [2.24, 2.45) is 5.41 Å². The molecule has 0 bridgehead atoms. The van der Waals surface area contributed by atoms with E-state index in [0.29, 0.717) is 24.1 Å². The molecular formula is C24H33N3O5. The Hall–Kier alpha value is -2.74. The maximum atomic E-state index is 13.2. The first-order valence-corrected chi connectivity index (χ1v) is 11.3. The summed E-state index contributed by atoms with van der Waals surface area (Å²) in [6.07, 6.45) is 5.00. The molecule has 1 aromatic carbocycles. The normalized spacial score (nSPS) is 22.9. The number of ketones is 1. The summed E-state index contributed by atoms with van der Waals surface area (Å²) in [6.45, 7) is 5.47. The Morgan fingerprint density at radius 1 is 1.16 bits per heavy atom. The zero-order chi connectivity index (χ0) is 23.3. The van der Waals surface area contributed by atoms with Crippen LogP contribution in [0.2, 0.25) is 0 Å². The minimum atomic E-state index is -0.758. The molecule has 32 heavy (non-hydrogen) atoms. The Balaban J connectivity index is 1.73. The Morgan fingerprint density at radius 2 is 1.81 bits per heavy atom. The average molecular weight is 444 g/mol. The molecule has 3 atom stereocenters. The van der Waals surface area contributed by atoms with Crippen molar-refractivity contribution in [3.05, 3.63) is 29.8 Å². The van der Waals surface area contributed by atoms with Crippen LogP contribution in [0.15, 0.2) is 24.3 Å². The summed E-state index contributed by atoms with van der Waals surface area (Å²) >= 11 is 0. The van der Waals surface area contributed by atoms with Crippen molar-refractivity contribution in [3.63, 3.8) is 0 Å². The lowest BCUT2D eigenvalue weighted by atomic mass is 9.81. The van der Waals surface area contributed by atoms with Crippen LogP contribution in [0, 0.1) is 5.41 Å². The van der Waals surface area contributed by atoms with Crippen LogP contribution in [0.25, 0.3) is 0 Å². The van der Waals surface area contributed by atoms with E-state index in [9.17, 15) is 19.2 Å². The number of benzene rings is 1. The third-order valence-electron chi connectivity index (χ3n) is 6.46. The van der Waals surface area contributed by atoms with Gasteiger partial charge in [0.2, 0.25) is 11.8 Å². The van der Waals surface area contributed by atoms with E-state index >= 15 is 0 Å². The van der Waals surface area contributed by atoms with Gasteiger partial charge in [-0.15, -0.1) is 0 Å². The fourth-order valence-corrected chi connectivity index (χ4v) is 4.65. The van der Waals surface area contributed by atoms with Crippen LogP contribution in [-0.4, -0.2) is 48.3 Å². The summed E-state index contributed by atoms with van der Waals surface area (Å²) in [7, 11) is 0. The smallest absolute Gasteiger partial charge is 0.251 e. The van der Waals surface area contributed by atoms with E-state index in [0.717, 1.165) is 25.7 Å². The van der Waals surface area contributed by atoms with Gasteiger partial charge in [0.05, 0.1) is 6.10 Å². The lowest BCUT2D eigenvalue weighted by Gasteiger charge is -2.30. The Bertz CT molecular complexity index is 861. The molecule has 2 aliphatic rings. The molecule has 1 aliphatic heterocycles. The van der Waals surface area contributed by atoms with Gasteiger partial charge in [0, 0.05) is 18.2 Å². The summed E-state index contributed by atoms with van der Waals surface area (Å²) in [4.78, 5) is 49.5. The highest BCUT2D eigenvalue weighted by Gasteiger charge is 2.39. The van der Waals surface area contributed by atoms with Crippen LogP contribution >= 0.6 is 0 Å². The van der Waals surface area contributed by atoms with Crippen LogP contribution in [-0.2, 0) is 19.1 Å². The third-order valence-corrected chi connectivity index (χ3v) is 6.46. The molecule has 2 fully saturated rings. The number of amides is 3. The highest BCUT2D eigenvalue weighted by atomic mass is 16.5. The summed E-state index contributed by atoms with van der Waals surface area (Å²) in [5.74, 6) is -1.07. The van der Waals surface area contributed by atoms with Gasteiger partial charge in [-0.1, -0.05) is 26.7 Å². The van der Waals surface area contributed by atoms with E-state index in [1.807, 2.05) is 6.92 Å². The van der Waals surface area contributed by atoms with E-state index < -0.39 is 12.1 Å². The van der Waals surface area contributed by atoms with Crippen LogP contribution in [0.5, 0.6) is 0 Å². The molecule has 1 saturated carbocycles. The fourth-order valence-electron chi connectivity index (χ4n) is 4.65. The maximum absolute atomic E-state index is 13.2. The molecule has 0 spiro atoms. The number of anilines is 1. The van der Waals surface area contributed by atoms with E-state index in [-0.39, 0.29) is 41.6 Å². The molecule has 8 heteroatoms. The quantitative estimate of drug-likeness (QED) is 0.571. The van der Waals surface area contributed by atoms with Crippen molar-refractivity contribution in [2.45, 2.75) is 77.5 Å². The first-order chi connectivity index (χ1) is 15.2. The maximum Gasteiger partial charge on any atom is 0.251 e. The second-order valence-electron chi connectivity index (χ2n) is 9.22. The number of Topliss-reactive ketones (excluding diaryl/α,β-unsaturated/α-hetero) is 1. The second kappa shape index (κ2) is 10.3. The van der Waals surface area contributed by atoms with Crippen LogP contribution in [0.3, 0.4) is 0 Å². The van der Waals surface area contributed by atoms with Gasteiger partial charge in [0.25, 0.3) is 5.91 Å². The molecular weight excluding hydrogens is 410 g/mol. The van der Waals surface area contributed by atoms with Gasteiger partial charge in [-0.2, -0.15) is 0 Å². The molecule has 3 rings (SSSR count). The zero-order valence-corrected chi connectivity index (χ0v) is 19.0. The number of rotatable bonds is 8. The highest BCUT2D eigenvalue weighted by Crippen LogP contribution is 2.41. The van der Waals surface area contributed by atoms with E-state index in [4.69, 9.17) is 4.74 Å². The van der Waals surface area contributed by atoms with Crippen molar-refractivity contribution >= 4 is 29.2 Å². The largest absolute Gasteiger partial charge is 0.368 e. The van der Waals surface area contributed by atoms with Gasteiger partial charge in [0.1, 0.15) is 18.7 Å². The van der Waals surface area contributed by atoms with Crippen molar-refractivity contribution in [2.75, 3.05) is 11.9 Å². The van der Waals surface area contributed by atoms with Crippen molar-refractivity contribution in [1.29, 1.82) is 0 Å². The predicted molar refractivity (Wildman–Crippen MR) is 120 cm³/mol. The number of ether oxygens (including phenoxy) is 1. The van der Waals surface area contributed by atoms with Crippen LogP contribution in [0.1, 0.15) is 69.7 Å². The van der Waals surface area contributed by atoms with Gasteiger partial charge < -0.3 is 20.7 Å². The number of hydrogen-bond acceptors (Lipinski definition) is 5. The summed E-state index contributed by atoms with van der Waals surface area (Å²) in [5, 5.41) is 8.37. The molecule has 1 heterocycles. The first kappa shape index (κ1) is 23.9. The average Bonchev–Trinajstić information content (AvgIpc) is 3.33. The zero-order valence-electron chi connectivity index (χ0n) is 19.0. The first-order valence-electron chi connectivity index (χ1n) is 11.3. The molecule has 3 amide bonds. The molecule has 1 saturated heterocycles. The van der Waals surface area contributed by atoms with E-state index in [2.05, 4.69) is 22.9 Å². The van der Waals surface area contributed by atoms with E-state index in [1.54, 1.807) is 24.3 Å². The number of nitrogens with one attached hydrogen (secondary N) is 3. The Morgan fingerprint density at radius 3 is 2.41 bits per heavy atom. The monoisotopic (exact) mass is 443 g/mol. The highest BCUT2D eigenvalue weighted by molar-refractivity contribution is 5.99. The summed E-state index contributed by atoms with van der Waals surface area (Å²) in [5.41, 5.74) is 0.942. The number of carbonyl (C=O) groups is 4. The minimum absolute atomic E-state index is 0.00115. The minimum Gasteiger partial charge on any atom is -0.368 e. The number of carbonyl (C=O) groups excluding carboxylic acids is 4. The predicted octanol–water partition coefficient (Wildman–Crippen LogP) is 2.58. The lowest BCUT2D eigenvalue weighted by molar-refractivity contribution is -0.128. The Labute approximate surface area is 188 Å². The molecule has 3 N–H and O–H groups in total. The van der Waals surface area contributed by atoms with Crippen LogP contribution < -0.4 is 16.0 Å². The lowest BCUT2D eigenvalue weighted by Crippen LogP contribution is -2.54. The number of hydrogen-bond donors (Lipinski definition) is 3. The molecule has 174 valence electrons. The molecule has 0 unspecified atom stereocenters. The second-order valence-corrected chi connectivity index (χ2v) is 9.22.